The molecule has 0 radical (unpaired) electrons. The van der Waals surface area contributed by atoms with Crippen LogP contribution in [0.15, 0.2) is 10.7 Å². The largest absolute Gasteiger partial charge is 0.383 e. The fourth-order valence-electron chi connectivity index (χ4n) is 2.48. The number of aryl methyl sites for hydroxylation is 1. The fourth-order valence-corrected chi connectivity index (χ4v) is 3.17. The number of hydrogen-bond donors (Lipinski definition) is 1. The predicted octanol–water partition coefficient (Wildman–Crippen LogP) is 3.22. The molecule has 0 spiro atoms. The molecule has 0 bridgehead atoms. The summed E-state index contributed by atoms with van der Waals surface area (Å²) in [6.07, 6.45) is 5.91. The summed E-state index contributed by atoms with van der Waals surface area (Å²) in [7, 11) is 1.91. The summed E-state index contributed by atoms with van der Waals surface area (Å²) in [5, 5.41) is 15.3. The van der Waals surface area contributed by atoms with E-state index in [-0.39, 0.29) is 0 Å². The van der Waals surface area contributed by atoms with E-state index in [4.69, 9.17) is 0 Å². The summed E-state index contributed by atoms with van der Waals surface area (Å²) in [6.45, 7) is 4.40. The Morgan fingerprint density at radius 1 is 1.59 bits per heavy atom. The molecule has 96 valence electrons. The van der Waals surface area contributed by atoms with Crippen LogP contribution in [0.2, 0.25) is 0 Å². The zero-order chi connectivity index (χ0) is 12.6. The number of nitrogens with zero attached hydrogens (tertiary/aromatic N) is 2. The molecule has 1 aliphatic carbocycles. The van der Waals surface area contributed by atoms with E-state index in [2.05, 4.69) is 34.9 Å². The van der Waals surface area contributed by atoms with Crippen LogP contribution < -0.4 is 0 Å². The molecule has 0 aliphatic heterocycles. The van der Waals surface area contributed by atoms with Crippen molar-refractivity contribution in [1.29, 1.82) is 0 Å². The molecule has 0 saturated heterocycles. The molecule has 1 atom stereocenters. The van der Waals surface area contributed by atoms with Gasteiger partial charge in [-0.05, 0) is 53.4 Å². The highest BCUT2D eigenvalue weighted by Gasteiger charge is 2.47. The van der Waals surface area contributed by atoms with Crippen LogP contribution in [0, 0.1) is 11.8 Å². The lowest BCUT2D eigenvalue weighted by Crippen LogP contribution is -2.32. The van der Waals surface area contributed by atoms with E-state index in [0.29, 0.717) is 11.8 Å². The van der Waals surface area contributed by atoms with Crippen LogP contribution in [0.4, 0.5) is 0 Å². The number of halogens is 1. The molecule has 1 unspecified atom stereocenters. The average molecular weight is 301 g/mol. The highest BCUT2D eigenvalue weighted by atomic mass is 79.9. The Balaban J connectivity index is 2.27. The lowest BCUT2D eigenvalue weighted by molar-refractivity contribution is -0.00892. The minimum absolute atomic E-state index is 0.410. The zero-order valence-electron chi connectivity index (χ0n) is 10.8. The first-order valence-corrected chi connectivity index (χ1v) is 7.14. The molecule has 1 saturated carbocycles. The van der Waals surface area contributed by atoms with E-state index < -0.39 is 5.60 Å². The Hall–Kier alpha value is -0.350. The molecular formula is C13H21BrN2O. The molecule has 1 fully saturated rings. The normalized spacial score (nSPS) is 19.6. The second-order valence-corrected chi connectivity index (χ2v) is 6.45. The molecule has 1 aliphatic rings. The standard InChI is InChI=1S/C13H21BrN2O/c1-9(2)6-7-13(17,10-4-5-10)12-11(14)8-15-16(12)3/h8-10,17H,4-7H2,1-3H3. The summed E-state index contributed by atoms with van der Waals surface area (Å²) in [5.74, 6) is 1.03. The molecule has 1 N–H and O–H groups in total. The third kappa shape index (κ3) is 2.58. The summed E-state index contributed by atoms with van der Waals surface area (Å²) in [6, 6.07) is 0. The molecule has 3 nitrogen and oxygen atoms in total. The lowest BCUT2D eigenvalue weighted by atomic mass is 9.86. The van der Waals surface area contributed by atoms with Crippen molar-refractivity contribution in [3.8, 4) is 0 Å². The number of aromatic nitrogens is 2. The third-order valence-corrected chi connectivity index (χ3v) is 4.24. The molecule has 1 aromatic heterocycles. The molecule has 1 heterocycles. The van der Waals surface area contributed by atoms with Crippen LogP contribution in [0.1, 0.15) is 45.2 Å². The highest BCUT2D eigenvalue weighted by Crippen LogP contribution is 2.50. The quantitative estimate of drug-likeness (QED) is 0.907. The minimum Gasteiger partial charge on any atom is -0.383 e. The molecule has 2 rings (SSSR count). The van der Waals surface area contributed by atoms with Gasteiger partial charge in [0.15, 0.2) is 0 Å². The van der Waals surface area contributed by atoms with Gasteiger partial charge in [-0.15, -0.1) is 0 Å². The Morgan fingerprint density at radius 2 is 2.24 bits per heavy atom. The maximum atomic E-state index is 11.0. The van der Waals surface area contributed by atoms with Crippen molar-refractivity contribution in [3.05, 3.63) is 16.4 Å². The van der Waals surface area contributed by atoms with Crippen molar-refractivity contribution < 1.29 is 5.11 Å². The van der Waals surface area contributed by atoms with Gasteiger partial charge in [0.05, 0.1) is 16.4 Å². The maximum Gasteiger partial charge on any atom is 0.110 e. The van der Waals surface area contributed by atoms with Crippen LogP contribution in [0.5, 0.6) is 0 Å². The predicted molar refractivity (Wildman–Crippen MR) is 71.6 cm³/mol. The summed E-state index contributed by atoms with van der Waals surface area (Å²) < 4.78 is 2.74. The van der Waals surface area contributed by atoms with Gasteiger partial charge >= 0.3 is 0 Å². The van der Waals surface area contributed by atoms with E-state index in [1.807, 2.05) is 11.7 Å². The highest BCUT2D eigenvalue weighted by molar-refractivity contribution is 9.10. The zero-order valence-corrected chi connectivity index (χ0v) is 12.4. The molecule has 17 heavy (non-hydrogen) atoms. The first kappa shape index (κ1) is 13.1. The van der Waals surface area contributed by atoms with Gasteiger partial charge < -0.3 is 5.11 Å². The lowest BCUT2D eigenvalue weighted by Gasteiger charge is -2.29. The molecular weight excluding hydrogens is 280 g/mol. The molecule has 0 amide bonds. The third-order valence-electron chi connectivity index (χ3n) is 3.66. The van der Waals surface area contributed by atoms with E-state index in [0.717, 1.165) is 35.8 Å². The van der Waals surface area contributed by atoms with Crippen molar-refractivity contribution in [3.63, 3.8) is 0 Å². The van der Waals surface area contributed by atoms with E-state index in [1.54, 1.807) is 6.20 Å². The van der Waals surface area contributed by atoms with Gasteiger partial charge in [-0.25, -0.2) is 0 Å². The van der Waals surface area contributed by atoms with E-state index >= 15 is 0 Å². The van der Waals surface area contributed by atoms with Crippen molar-refractivity contribution in [1.82, 2.24) is 9.78 Å². The first-order chi connectivity index (χ1) is 7.95. The van der Waals surface area contributed by atoms with Crippen molar-refractivity contribution in [2.45, 2.75) is 45.1 Å². The van der Waals surface area contributed by atoms with E-state index in [1.165, 1.54) is 0 Å². The van der Waals surface area contributed by atoms with Crippen LogP contribution in [-0.2, 0) is 12.6 Å². The van der Waals surface area contributed by atoms with Gasteiger partial charge in [-0.1, -0.05) is 13.8 Å². The Morgan fingerprint density at radius 3 is 2.65 bits per heavy atom. The van der Waals surface area contributed by atoms with Crippen molar-refractivity contribution in [2.75, 3.05) is 0 Å². The van der Waals surface area contributed by atoms with E-state index in [9.17, 15) is 5.11 Å². The summed E-state index contributed by atoms with van der Waals surface area (Å²) in [4.78, 5) is 0. The van der Waals surface area contributed by atoms with Gasteiger partial charge in [0, 0.05) is 7.05 Å². The smallest absolute Gasteiger partial charge is 0.110 e. The second kappa shape index (κ2) is 4.73. The van der Waals surface area contributed by atoms with Crippen LogP contribution in [0.25, 0.3) is 0 Å². The van der Waals surface area contributed by atoms with Gasteiger partial charge in [-0.3, -0.25) is 4.68 Å². The SMILES string of the molecule is CC(C)CCC(O)(c1c(Br)cnn1C)C1CC1. The van der Waals surface area contributed by atoms with Crippen LogP contribution in [-0.4, -0.2) is 14.9 Å². The van der Waals surface area contributed by atoms with Crippen LogP contribution in [0.3, 0.4) is 0 Å². The number of aliphatic hydroxyl groups is 1. The number of hydrogen-bond acceptors (Lipinski definition) is 2. The Kier molecular flexibility index (Phi) is 3.64. The van der Waals surface area contributed by atoms with Crippen LogP contribution >= 0.6 is 15.9 Å². The van der Waals surface area contributed by atoms with Gasteiger partial charge in [0.1, 0.15) is 5.60 Å². The number of rotatable bonds is 5. The minimum atomic E-state index is -0.700. The van der Waals surface area contributed by atoms with Crippen molar-refractivity contribution >= 4 is 15.9 Å². The topological polar surface area (TPSA) is 38.1 Å². The summed E-state index contributed by atoms with van der Waals surface area (Å²) >= 11 is 3.51. The average Bonchev–Trinajstić information content (AvgIpc) is 3.03. The maximum absolute atomic E-state index is 11.0. The van der Waals surface area contributed by atoms with Gasteiger partial charge in [0.25, 0.3) is 0 Å². The van der Waals surface area contributed by atoms with Gasteiger partial charge in [-0.2, -0.15) is 5.10 Å². The Bertz CT molecular complexity index is 379. The van der Waals surface area contributed by atoms with Gasteiger partial charge in [0.2, 0.25) is 0 Å². The fraction of sp³-hybridized carbons (Fsp3) is 0.769. The van der Waals surface area contributed by atoms with Crippen molar-refractivity contribution in [2.24, 2.45) is 18.9 Å². The molecule has 1 aromatic rings. The monoisotopic (exact) mass is 300 g/mol. The summed E-state index contributed by atoms with van der Waals surface area (Å²) in [5.41, 5.74) is 0.245. The second-order valence-electron chi connectivity index (χ2n) is 5.60. The Labute approximate surface area is 111 Å². The molecule has 4 heteroatoms. The molecule has 0 aromatic carbocycles. The first-order valence-electron chi connectivity index (χ1n) is 6.35.